The molecule has 1 aromatic carbocycles. The van der Waals surface area contributed by atoms with Crippen LogP contribution in [0.3, 0.4) is 0 Å². The minimum absolute atomic E-state index is 0.580. The maximum Gasteiger partial charge on any atom is 0.152 e. The molecule has 78 valence electrons. The van der Waals surface area contributed by atoms with Crippen molar-refractivity contribution in [1.82, 2.24) is 5.32 Å². The maximum absolute atomic E-state index is 10.9. The van der Waals surface area contributed by atoms with Gasteiger partial charge in [0.1, 0.15) is 0 Å². The fourth-order valence-corrected chi connectivity index (χ4v) is 2.70. The summed E-state index contributed by atoms with van der Waals surface area (Å²) in [5.41, 5.74) is 1.91. The molecule has 2 heterocycles. The highest BCUT2D eigenvalue weighted by atomic mass is 16.1. The predicted molar refractivity (Wildman–Crippen MR) is 59.4 cm³/mol. The lowest BCUT2D eigenvalue weighted by atomic mass is 10.1. The van der Waals surface area contributed by atoms with Gasteiger partial charge in [-0.2, -0.15) is 0 Å². The Hall–Kier alpha value is -1.35. The SMILES string of the molecule is O=Cc1ccccc1N1CC2CC1CN2. The zero-order valence-corrected chi connectivity index (χ0v) is 8.52. The van der Waals surface area contributed by atoms with Gasteiger partial charge in [-0.15, -0.1) is 0 Å². The first-order valence-corrected chi connectivity index (χ1v) is 5.42. The van der Waals surface area contributed by atoms with E-state index in [1.165, 1.54) is 6.42 Å². The van der Waals surface area contributed by atoms with Gasteiger partial charge in [0.05, 0.1) is 0 Å². The van der Waals surface area contributed by atoms with Crippen LogP contribution in [0.2, 0.25) is 0 Å². The van der Waals surface area contributed by atoms with Crippen LogP contribution in [0, 0.1) is 0 Å². The quantitative estimate of drug-likeness (QED) is 0.727. The highest BCUT2D eigenvalue weighted by Crippen LogP contribution is 2.30. The van der Waals surface area contributed by atoms with Crippen LogP contribution >= 0.6 is 0 Å². The van der Waals surface area contributed by atoms with Crippen molar-refractivity contribution in [2.45, 2.75) is 18.5 Å². The number of nitrogens with one attached hydrogen (secondary N) is 1. The first kappa shape index (κ1) is 8.92. The lowest BCUT2D eigenvalue weighted by molar-refractivity contribution is 0.112. The van der Waals surface area contributed by atoms with Crippen molar-refractivity contribution in [2.75, 3.05) is 18.0 Å². The molecule has 0 radical (unpaired) electrons. The molecule has 0 spiro atoms. The van der Waals surface area contributed by atoms with Gasteiger partial charge < -0.3 is 10.2 Å². The highest BCUT2D eigenvalue weighted by Gasteiger charge is 2.38. The number of carbonyl (C=O) groups is 1. The molecule has 0 amide bonds. The summed E-state index contributed by atoms with van der Waals surface area (Å²) < 4.78 is 0. The van der Waals surface area contributed by atoms with Gasteiger partial charge in [0.15, 0.2) is 6.29 Å². The Morgan fingerprint density at radius 1 is 1.40 bits per heavy atom. The van der Waals surface area contributed by atoms with Crippen LogP contribution in [0.15, 0.2) is 24.3 Å². The normalized spacial score (nSPS) is 28.4. The van der Waals surface area contributed by atoms with Crippen molar-refractivity contribution in [2.24, 2.45) is 0 Å². The van der Waals surface area contributed by atoms with Gasteiger partial charge in [0, 0.05) is 36.4 Å². The second kappa shape index (κ2) is 3.35. The Labute approximate surface area is 89.1 Å². The van der Waals surface area contributed by atoms with E-state index in [1.54, 1.807) is 0 Å². The number of nitrogens with zero attached hydrogens (tertiary/aromatic N) is 1. The van der Waals surface area contributed by atoms with Crippen molar-refractivity contribution in [3.8, 4) is 0 Å². The van der Waals surface area contributed by atoms with Crippen LogP contribution < -0.4 is 10.2 Å². The van der Waals surface area contributed by atoms with E-state index in [4.69, 9.17) is 0 Å². The van der Waals surface area contributed by atoms with E-state index >= 15 is 0 Å². The largest absolute Gasteiger partial charge is 0.365 e. The number of hydrogen-bond donors (Lipinski definition) is 1. The number of aldehydes is 1. The van der Waals surface area contributed by atoms with E-state index in [1.807, 2.05) is 24.3 Å². The monoisotopic (exact) mass is 202 g/mol. The Morgan fingerprint density at radius 2 is 2.27 bits per heavy atom. The van der Waals surface area contributed by atoms with E-state index in [2.05, 4.69) is 10.2 Å². The van der Waals surface area contributed by atoms with Crippen molar-refractivity contribution in [3.63, 3.8) is 0 Å². The van der Waals surface area contributed by atoms with Gasteiger partial charge >= 0.3 is 0 Å². The van der Waals surface area contributed by atoms with Gasteiger partial charge in [-0.1, -0.05) is 12.1 Å². The fourth-order valence-electron chi connectivity index (χ4n) is 2.70. The third kappa shape index (κ3) is 1.35. The molecule has 2 aliphatic heterocycles. The summed E-state index contributed by atoms with van der Waals surface area (Å²) in [6, 6.07) is 9.05. The fraction of sp³-hybridized carbons (Fsp3) is 0.417. The molecular formula is C12H14N2O. The number of piperazine rings is 1. The molecule has 0 aromatic heterocycles. The lowest BCUT2D eigenvalue weighted by Crippen LogP contribution is -2.43. The number of benzene rings is 1. The molecule has 2 saturated heterocycles. The Morgan fingerprint density at radius 3 is 2.93 bits per heavy atom. The summed E-state index contributed by atoms with van der Waals surface area (Å²) in [7, 11) is 0. The second-order valence-electron chi connectivity index (χ2n) is 4.32. The van der Waals surface area contributed by atoms with Crippen LogP contribution in [-0.4, -0.2) is 31.5 Å². The van der Waals surface area contributed by atoms with Crippen LogP contribution in [0.1, 0.15) is 16.8 Å². The van der Waals surface area contributed by atoms with Crippen LogP contribution in [0.4, 0.5) is 5.69 Å². The van der Waals surface area contributed by atoms with E-state index < -0.39 is 0 Å². The van der Waals surface area contributed by atoms with Gasteiger partial charge in [-0.25, -0.2) is 0 Å². The van der Waals surface area contributed by atoms with Crippen molar-refractivity contribution >= 4 is 12.0 Å². The molecule has 1 N–H and O–H groups in total. The predicted octanol–water partition coefficient (Wildman–Crippen LogP) is 1.05. The lowest BCUT2D eigenvalue weighted by Gasteiger charge is -2.30. The van der Waals surface area contributed by atoms with Gasteiger partial charge in [0.25, 0.3) is 0 Å². The average Bonchev–Trinajstić information content (AvgIpc) is 2.90. The Bertz CT molecular complexity index is 391. The van der Waals surface area contributed by atoms with Crippen LogP contribution in [0.5, 0.6) is 0 Å². The van der Waals surface area contributed by atoms with Crippen molar-refractivity contribution in [1.29, 1.82) is 0 Å². The second-order valence-corrected chi connectivity index (χ2v) is 4.32. The number of rotatable bonds is 2. The zero-order chi connectivity index (χ0) is 10.3. The van der Waals surface area contributed by atoms with Crippen molar-refractivity contribution in [3.05, 3.63) is 29.8 Å². The number of carbonyl (C=O) groups excluding carboxylic acids is 1. The third-order valence-corrected chi connectivity index (χ3v) is 3.43. The first-order valence-electron chi connectivity index (χ1n) is 5.42. The smallest absolute Gasteiger partial charge is 0.152 e. The summed E-state index contributed by atoms with van der Waals surface area (Å²) in [4.78, 5) is 13.3. The standard InChI is InChI=1S/C12H14N2O/c15-8-9-3-1-2-4-12(9)14-7-10-5-11(14)6-13-10/h1-4,8,10-11,13H,5-7H2. The third-order valence-electron chi connectivity index (χ3n) is 3.43. The Kier molecular flexibility index (Phi) is 1.99. The molecule has 2 bridgehead atoms. The van der Waals surface area contributed by atoms with Crippen molar-refractivity contribution < 1.29 is 4.79 Å². The summed E-state index contributed by atoms with van der Waals surface area (Å²) in [6.45, 7) is 2.09. The molecule has 3 nitrogen and oxygen atoms in total. The van der Waals surface area contributed by atoms with Crippen LogP contribution in [0.25, 0.3) is 0 Å². The highest BCUT2D eigenvalue weighted by molar-refractivity contribution is 5.84. The average molecular weight is 202 g/mol. The van der Waals surface area contributed by atoms with Crippen LogP contribution in [-0.2, 0) is 0 Å². The van der Waals surface area contributed by atoms with E-state index in [0.717, 1.165) is 30.6 Å². The summed E-state index contributed by atoms with van der Waals surface area (Å²) in [5, 5.41) is 3.46. The van der Waals surface area contributed by atoms with E-state index in [-0.39, 0.29) is 0 Å². The molecule has 1 aromatic rings. The molecule has 3 rings (SSSR count). The zero-order valence-electron chi connectivity index (χ0n) is 8.52. The van der Waals surface area contributed by atoms with Gasteiger partial charge in [0.2, 0.25) is 0 Å². The number of hydrogen-bond acceptors (Lipinski definition) is 3. The minimum Gasteiger partial charge on any atom is -0.365 e. The minimum atomic E-state index is 0.580. The van der Waals surface area contributed by atoms with Gasteiger partial charge in [-0.05, 0) is 18.6 Å². The summed E-state index contributed by atoms with van der Waals surface area (Å²) >= 11 is 0. The molecule has 2 fully saturated rings. The number of para-hydroxylation sites is 1. The molecule has 15 heavy (non-hydrogen) atoms. The Balaban J connectivity index is 1.96. The van der Waals surface area contributed by atoms with E-state index in [9.17, 15) is 4.79 Å². The molecule has 0 aliphatic carbocycles. The molecule has 2 atom stereocenters. The maximum atomic E-state index is 10.9. The molecule has 2 aliphatic rings. The molecular weight excluding hydrogens is 188 g/mol. The number of fused-ring (bicyclic) bond motifs is 2. The number of anilines is 1. The summed E-state index contributed by atoms with van der Waals surface area (Å²) in [5.74, 6) is 0. The van der Waals surface area contributed by atoms with E-state index in [0.29, 0.717) is 12.1 Å². The summed E-state index contributed by atoms with van der Waals surface area (Å²) in [6.07, 6.45) is 2.17. The first-order chi connectivity index (χ1) is 7.38. The topological polar surface area (TPSA) is 32.3 Å². The molecule has 0 saturated carbocycles. The molecule has 3 heteroatoms. The van der Waals surface area contributed by atoms with Gasteiger partial charge in [-0.3, -0.25) is 4.79 Å². The molecule has 2 unspecified atom stereocenters.